The zero-order chi connectivity index (χ0) is 13.2. The molecule has 98 valence electrons. The van der Waals surface area contributed by atoms with Gasteiger partial charge in [-0.05, 0) is 48.9 Å². The third-order valence-electron chi connectivity index (χ3n) is 3.52. The highest BCUT2D eigenvalue weighted by atomic mass is 35.5. The SMILES string of the molecule is O=c1cc2c(nn1Cc1ccc(Cl)cc1)CCCC2. The predicted molar refractivity (Wildman–Crippen MR) is 75.7 cm³/mol. The zero-order valence-electron chi connectivity index (χ0n) is 10.6. The lowest BCUT2D eigenvalue weighted by atomic mass is 9.97. The van der Waals surface area contributed by atoms with E-state index < -0.39 is 0 Å². The molecule has 0 fully saturated rings. The summed E-state index contributed by atoms with van der Waals surface area (Å²) in [5, 5.41) is 5.20. The minimum Gasteiger partial charge on any atom is -0.268 e. The second-order valence-electron chi connectivity index (χ2n) is 4.95. The number of aryl methyl sites for hydroxylation is 2. The van der Waals surface area contributed by atoms with Gasteiger partial charge in [-0.25, -0.2) is 4.68 Å². The number of benzene rings is 1. The van der Waals surface area contributed by atoms with Crippen molar-refractivity contribution in [3.8, 4) is 0 Å². The van der Waals surface area contributed by atoms with E-state index in [1.807, 2.05) is 24.3 Å². The van der Waals surface area contributed by atoms with Crippen molar-refractivity contribution in [2.24, 2.45) is 0 Å². The van der Waals surface area contributed by atoms with Gasteiger partial charge < -0.3 is 0 Å². The summed E-state index contributed by atoms with van der Waals surface area (Å²) in [4.78, 5) is 12.0. The lowest BCUT2D eigenvalue weighted by Crippen LogP contribution is -2.26. The van der Waals surface area contributed by atoms with Crippen LogP contribution in [0.3, 0.4) is 0 Å². The fourth-order valence-electron chi connectivity index (χ4n) is 2.48. The second-order valence-corrected chi connectivity index (χ2v) is 5.38. The molecule has 0 spiro atoms. The van der Waals surface area contributed by atoms with Gasteiger partial charge in [-0.2, -0.15) is 5.10 Å². The van der Waals surface area contributed by atoms with Crippen molar-refractivity contribution in [1.82, 2.24) is 9.78 Å². The van der Waals surface area contributed by atoms with E-state index in [9.17, 15) is 4.79 Å². The van der Waals surface area contributed by atoms with Crippen LogP contribution in [0, 0.1) is 0 Å². The van der Waals surface area contributed by atoms with Gasteiger partial charge in [0.25, 0.3) is 5.56 Å². The van der Waals surface area contributed by atoms with Crippen molar-refractivity contribution in [3.05, 3.63) is 62.5 Å². The summed E-state index contributed by atoms with van der Waals surface area (Å²) >= 11 is 5.86. The van der Waals surface area contributed by atoms with Crippen molar-refractivity contribution < 1.29 is 0 Å². The summed E-state index contributed by atoms with van der Waals surface area (Å²) in [7, 11) is 0. The molecule has 0 saturated heterocycles. The van der Waals surface area contributed by atoms with Gasteiger partial charge in [0.1, 0.15) is 0 Å². The highest BCUT2D eigenvalue weighted by Crippen LogP contribution is 2.17. The van der Waals surface area contributed by atoms with Crippen molar-refractivity contribution in [3.63, 3.8) is 0 Å². The molecule has 1 aliphatic carbocycles. The van der Waals surface area contributed by atoms with E-state index in [1.165, 1.54) is 6.42 Å². The van der Waals surface area contributed by atoms with E-state index in [1.54, 1.807) is 10.7 Å². The summed E-state index contributed by atoms with van der Waals surface area (Å²) in [6, 6.07) is 9.27. The van der Waals surface area contributed by atoms with Crippen LogP contribution in [0.1, 0.15) is 29.7 Å². The van der Waals surface area contributed by atoms with Gasteiger partial charge in [0.05, 0.1) is 12.2 Å². The molecule has 1 aliphatic rings. The summed E-state index contributed by atoms with van der Waals surface area (Å²) < 4.78 is 1.55. The van der Waals surface area contributed by atoms with Crippen LogP contribution in [0.5, 0.6) is 0 Å². The van der Waals surface area contributed by atoms with Crippen molar-refractivity contribution in [2.45, 2.75) is 32.2 Å². The predicted octanol–water partition coefficient (Wildman–Crippen LogP) is 2.82. The molecular weight excluding hydrogens is 260 g/mol. The maximum absolute atomic E-state index is 12.0. The van der Waals surface area contributed by atoms with E-state index in [-0.39, 0.29) is 5.56 Å². The molecule has 0 bridgehead atoms. The normalized spacial score (nSPS) is 14.2. The summed E-state index contributed by atoms with van der Waals surface area (Å²) in [5.74, 6) is 0. The van der Waals surface area contributed by atoms with Gasteiger partial charge in [0.15, 0.2) is 0 Å². The highest BCUT2D eigenvalue weighted by molar-refractivity contribution is 6.30. The van der Waals surface area contributed by atoms with Crippen LogP contribution in [0.2, 0.25) is 5.02 Å². The van der Waals surface area contributed by atoms with E-state index >= 15 is 0 Å². The lowest BCUT2D eigenvalue weighted by Gasteiger charge is -2.15. The summed E-state index contributed by atoms with van der Waals surface area (Å²) in [5.41, 5.74) is 3.23. The molecule has 0 saturated carbocycles. The molecular formula is C15H15ClN2O. The lowest BCUT2D eigenvalue weighted by molar-refractivity contribution is 0.574. The molecule has 4 heteroatoms. The quantitative estimate of drug-likeness (QED) is 0.844. The van der Waals surface area contributed by atoms with E-state index in [0.29, 0.717) is 11.6 Å². The van der Waals surface area contributed by atoms with Gasteiger partial charge in [0.2, 0.25) is 0 Å². The van der Waals surface area contributed by atoms with Crippen molar-refractivity contribution in [1.29, 1.82) is 0 Å². The number of hydrogen-bond acceptors (Lipinski definition) is 2. The van der Waals surface area contributed by atoms with Gasteiger partial charge >= 0.3 is 0 Å². The molecule has 0 radical (unpaired) electrons. The number of halogens is 1. The van der Waals surface area contributed by atoms with Crippen LogP contribution in [-0.2, 0) is 19.4 Å². The first kappa shape index (κ1) is 12.4. The standard InChI is InChI=1S/C15H15ClN2O/c16-13-7-5-11(6-8-13)10-18-15(19)9-12-3-1-2-4-14(12)17-18/h5-9H,1-4,10H2. The maximum Gasteiger partial charge on any atom is 0.267 e. The van der Waals surface area contributed by atoms with Crippen LogP contribution < -0.4 is 5.56 Å². The molecule has 0 aliphatic heterocycles. The average Bonchev–Trinajstić information content (AvgIpc) is 2.42. The van der Waals surface area contributed by atoms with Crippen molar-refractivity contribution in [2.75, 3.05) is 0 Å². The molecule has 0 atom stereocenters. The topological polar surface area (TPSA) is 34.9 Å². The van der Waals surface area contributed by atoms with Gasteiger partial charge in [-0.1, -0.05) is 23.7 Å². The van der Waals surface area contributed by atoms with Crippen LogP contribution >= 0.6 is 11.6 Å². The summed E-state index contributed by atoms with van der Waals surface area (Å²) in [6.45, 7) is 0.503. The Morgan fingerprint density at radius 3 is 2.68 bits per heavy atom. The van der Waals surface area contributed by atoms with E-state index in [2.05, 4.69) is 5.10 Å². The molecule has 19 heavy (non-hydrogen) atoms. The Morgan fingerprint density at radius 1 is 1.16 bits per heavy atom. The number of fused-ring (bicyclic) bond motifs is 1. The smallest absolute Gasteiger partial charge is 0.267 e. The molecule has 0 unspecified atom stereocenters. The largest absolute Gasteiger partial charge is 0.268 e. The van der Waals surface area contributed by atoms with Gasteiger partial charge in [-0.3, -0.25) is 4.79 Å². The first-order valence-corrected chi connectivity index (χ1v) is 6.94. The number of aromatic nitrogens is 2. The Balaban J connectivity index is 1.92. The molecule has 3 rings (SSSR count). The Kier molecular flexibility index (Phi) is 3.38. The van der Waals surface area contributed by atoms with Gasteiger partial charge in [-0.15, -0.1) is 0 Å². The minimum atomic E-state index is -0.0180. The van der Waals surface area contributed by atoms with Crippen molar-refractivity contribution >= 4 is 11.6 Å². The number of hydrogen-bond donors (Lipinski definition) is 0. The first-order chi connectivity index (χ1) is 9.22. The Morgan fingerprint density at radius 2 is 1.89 bits per heavy atom. The van der Waals surface area contributed by atoms with Crippen LogP contribution in [-0.4, -0.2) is 9.78 Å². The summed E-state index contributed by atoms with van der Waals surface area (Å²) in [6.07, 6.45) is 4.30. The maximum atomic E-state index is 12.0. The Labute approximate surface area is 116 Å². The fourth-order valence-corrected chi connectivity index (χ4v) is 2.60. The Hall–Kier alpha value is -1.61. The molecule has 0 amide bonds. The van der Waals surface area contributed by atoms with Crippen LogP contribution in [0.25, 0.3) is 0 Å². The fraction of sp³-hybridized carbons (Fsp3) is 0.333. The average molecular weight is 275 g/mol. The molecule has 1 aromatic carbocycles. The Bertz CT molecular complexity index is 646. The molecule has 0 N–H and O–H groups in total. The molecule has 1 aromatic heterocycles. The minimum absolute atomic E-state index is 0.0180. The monoisotopic (exact) mass is 274 g/mol. The number of rotatable bonds is 2. The first-order valence-electron chi connectivity index (χ1n) is 6.57. The molecule has 2 aromatic rings. The highest BCUT2D eigenvalue weighted by Gasteiger charge is 2.13. The third kappa shape index (κ3) is 2.71. The molecule has 1 heterocycles. The van der Waals surface area contributed by atoms with E-state index in [4.69, 9.17) is 11.6 Å². The second kappa shape index (κ2) is 5.17. The van der Waals surface area contributed by atoms with E-state index in [0.717, 1.165) is 36.1 Å². The van der Waals surface area contributed by atoms with Crippen LogP contribution in [0.15, 0.2) is 35.1 Å². The zero-order valence-corrected chi connectivity index (χ0v) is 11.4. The molecule has 3 nitrogen and oxygen atoms in total. The van der Waals surface area contributed by atoms with Crippen LogP contribution in [0.4, 0.5) is 0 Å². The number of nitrogens with zero attached hydrogens (tertiary/aromatic N) is 2. The van der Waals surface area contributed by atoms with Gasteiger partial charge in [0, 0.05) is 11.1 Å². The third-order valence-corrected chi connectivity index (χ3v) is 3.77.